The van der Waals surface area contributed by atoms with Crippen LogP contribution in [-0.4, -0.2) is 12.3 Å². The Morgan fingerprint density at radius 2 is 2.12 bits per heavy atom. The molecule has 0 saturated carbocycles. The molecule has 0 fully saturated rings. The number of hydrogen-bond donors (Lipinski definition) is 0. The largest absolute Gasteiger partial charge is 0.449 e. The smallest absolute Gasteiger partial charge is 0.354 e. The minimum atomic E-state index is -0.962. The topological polar surface area (TPSA) is 35.5 Å². The zero-order valence-electron chi connectivity index (χ0n) is 7.75. The van der Waals surface area contributed by atoms with Gasteiger partial charge in [0, 0.05) is 4.47 Å². The highest BCUT2D eigenvalue weighted by atomic mass is 79.9. The van der Waals surface area contributed by atoms with Crippen molar-refractivity contribution in [2.24, 2.45) is 0 Å². The summed E-state index contributed by atoms with van der Waals surface area (Å²) in [5.74, 6) is -0.150. The van der Waals surface area contributed by atoms with Crippen molar-refractivity contribution >= 4 is 45.1 Å². The number of cyclic esters (lactones) is 1. The van der Waals surface area contributed by atoms with Gasteiger partial charge < -0.3 is 9.47 Å². The van der Waals surface area contributed by atoms with Gasteiger partial charge in [0.2, 0.25) is 0 Å². The Hall–Kier alpha value is -0.710. The average molecular weight is 324 g/mol. The second-order valence-corrected chi connectivity index (χ2v) is 4.68. The lowest BCUT2D eigenvalue weighted by atomic mass is 10.3. The zero-order valence-corrected chi connectivity index (χ0v) is 10.8. The van der Waals surface area contributed by atoms with Gasteiger partial charge in [0.25, 0.3) is 6.29 Å². The molecule has 84 valence electrons. The van der Waals surface area contributed by atoms with E-state index in [9.17, 15) is 4.79 Å². The van der Waals surface area contributed by atoms with Crippen LogP contribution in [0.25, 0.3) is 0 Å². The van der Waals surface area contributed by atoms with Crippen molar-refractivity contribution in [1.29, 1.82) is 0 Å². The first-order chi connectivity index (χ1) is 7.58. The summed E-state index contributed by atoms with van der Waals surface area (Å²) in [6, 6.07) is 7.08. The molecule has 0 bridgehead atoms. The fraction of sp³-hybridized carbons (Fsp3) is 0.100. The van der Waals surface area contributed by atoms with E-state index >= 15 is 0 Å². The van der Waals surface area contributed by atoms with E-state index in [2.05, 4.69) is 15.9 Å². The van der Waals surface area contributed by atoms with Gasteiger partial charge >= 0.3 is 5.97 Å². The molecule has 0 saturated heterocycles. The van der Waals surface area contributed by atoms with Gasteiger partial charge in [-0.25, -0.2) is 4.79 Å². The van der Waals surface area contributed by atoms with E-state index in [0.29, 0.717) is 5.75 Å². The third kappa shape index (κ3) is 2.34. The highest BCUT2D eigenvalue weighted by molar-refractivity contribution is 9.10. The van der Waals surface area contributed by atoms with Crippen molar-refractivity contribution in [2.75, 3.05) is 0 Å². The maximum Gasteiger partial charge on any atom is 0.354 e. The number of halogens is 3. The van der Waals surface area contributed by atoms with Gasteiger partial charge in [-0.2, -0.15) is 0 Å². The van der Waals surface area contributed by atoms with Gasteiger partial charge in [0.15, 0.2) is 0 Å². The summed E-state index contributed by atoms with van der Waals surface area (Å²) in [5.41, 5.74) is 0. The summed E-state index contributed by atoms with van der Waals surface area (Å²) >= 11 is 14.7. The molecular weight excluding hydrogens is 319 g/mol. The van der Waals surface area contributed by atoms with Crippen molar-refractivity contribution in [3.63, 3.8) is 0 Å². The molecule has 1 unspecified atom stereocenters. The second-order valence-electron chi connectivity index (χ2n) is 2.97. The fourth-order valence-electron chi connectivity index (χ4n) is 1.14. The molecule has 0 radical (unpaired) electrons. The lowest BCUT2D eigenvalue weighted by molar-refractivity contribution is -0.148. The Morgan fingerprint density at radius 1 is 1.38 bits per heavy atom. The van der Waals surface area contributed by atoms with E-state index in [4.69, 9.17) is 32.7 Å². The molecule has 1 heterocycles. The molecule has 16 heavy (non-hydrogen) atoms. The molecule has 1 aromatic rings. The van der Waals surface area contributed by atoms with Crippen molar-refractivity contribution < 1.29 is 14.3 Å². The Morgan fingerprint density at radius 3 is 2.69 bits per heavy atom. The Balaban J connectivity index is 2.16. The summed E-state index contributed by atoms with van der Waals surface area (Å²) in [5, 5.41) is -0.0756. The van der Waals surface area contributed by atoms with Crippen molar-refractivity contribution in [2.45, 2.75) is 6.29 Å². The standard InChI is InChI=1S/C10H5BrCl2O3/c11-5-2-1-3-6(4-5)15-10-8(13)7(12)9(14)16-10/h1-4,10H. The van der Waals surface area contributed by atoms with Crippen LogP contribution < -0.4 is 4.74 Å². The van der Waals surface area contributed by atoms with Crippen LogP contribution in [0, 0.1) is 0 Å². The molecule has 0 spiro atoms. The van der Waals surface area contributed by atoms with Gasteiger partial charge in [0.05, 0.1) is 0 Å². The minimum Gasteiger partial charge on any atom is -0.449 e. The monoisotopic (exact) mass is 322 g/mol. The molecule has 0 N–H and O–H groups in total. The third-order valence-electron chi connectivity index (χ3n) is 1.85. The average Bonchev–Trinajstić information content (AvgIpc) is 2.47. The maximum absolute atomic E-state index is 11.1. The molecule has 2 rings (SSSR count). The van der Waals surface area contributed by atoms with E-state index < -0.39 is 12.3 Å². The van der Waals surface area contributed by atoms with Crippen LogP contribution in [0.15, 0.2) is 38.8 Å². The first kappa shape index (κ1) is 11.8. The van der Waals surface area contributed by atoms with Crippen LogP contribution in [0.2, 0.25) is 0 Å². The van der Waals surface area contributed by atoms with Crippen LogP contribution >= 0.6 is 39.1 Å². The van der Waals surface area contributed by atoms with Crippen molar-refractivity contribution in [3.05, 3.63) is 38.8 Å². The molecule has 3 nitrogen and oxygen atoms in total. The minimum absolute atomic E-state index is 0.0617. The highest BCUT2D eigenvalue weighted by Gasteiger charge is 2.33. The van der Waals surface area contributed by atoms with Crippen molar-refractivity contribution in [1.82, 2.24) is 0 Å². The molecule has 1 aromatic carbocycles. The predicted octanol–water partition coefficient (Wildman–Crippen LogP) is 3.40. The lowest BCUT2D eigenvalue weighted by Crippen LogP contribution is -2.17. The van der Waals surface area contributed by atoms with Gasteiger partial charge in [-0.1, -0.05) is 45.2 Å². The molecule has 0 amide bonds. The quantitative estimate of drug-likeness (QED) is 0.782. The first-order valence-electron chi connectivity index (χ1n) is 4.26. The van der Waals surface area contributed by atoms with E-state index in [1.54, 1.807) is 18.2 Å². The Labute approximate surface area is 110 Å². The zero-order chi connectivity index (χ0) is 11.7. The van der Waals surface area contributed by atoms with Gasteiger partial charge in [-0.3, -0.25) is 0 Å². The summed E-state index contributed by atoms with van der Waals surface area (Å²) < 4.78 is 11.0. The highest BCUT2D eigenvalue weighted by Crippen LogP contribution is 2.31. The van der Waals surface area contributed by atoms with Crippen LogP contribution in [0.1, 0.15) is 0 Å². The molecule has 1 aliphatic rings. The molecule has 1 aliphatic heterocycles. The van der Waals surface area contributed by atoms with Crippen LogP contribution in [0.4, 0.5) is 0 Å². The second kappa shape index (κ2) is 4.65. The number of carbonyl (C=O) groups is 1. The Bertz CT molecular complexity index is 473. The maximum atomic E-state index is 11.1. The normalized spacial score (nSPS) is 19.9. The van der Waals surface area contributed by atoms with Crippen LogP contribution in [-0.2, 0) is 9.53 Å². The number of esters is 1. The van der Waals surface area contributed by atoms with E-state index in [1.807, 2.05) is 6.07 Å². The fourth-order valence-corrected chi connectivity index (χ4v) is 1.82. The van der Waals surface area contributed by atoms with Gasteiger partial charge in [-0.05, 0) is 18.2 Å². The first-order valence-corrected chi connectivity index (χ1v) is 5.81. The summed E-state index contributed by atoms with van der Waals surface area (Å²) in [7, 11) is 0. The predicted molar refractivity (Wildman–Crippen MR) is 63.4 cm³/mol. The number of benzene rings is 1. The summed E-state index contributed by atoms with van der Waals surface area (Å²) in [6.45, 7) is 0. The molecular formula is C10H5BrCl2O3. The van der Waals surface area contributed by atoms with Crippen molar-refractivity contribution in [3.8, 4) is 5.75 Å². The van der Waals surface area contributed by atoms with Gasteiger partial charge in [-0.15, -0.1) is 0 Å². The van der Waals surface area contributed by atoms with Gasteiger partial charge in [0.1, 0.15) is 15.8 Å². The molecule has 1 atom stereocenters. The summed E-state index contributed by atoms with van der Waals surface area (Å²) in [6.07, 6.45) is -0.962. The third-order valence-corrected chi connectivity index (χ3v) is 3.16. The van der Waals surface area contributed by atoms with E-state index in [1.165, 1.54) is 0 Å². The summed E-state index contributed by atoms with van der Waals surface area (Å²) in [4.78, 5) is 11.1. The molecule has 0 aliphatic carbocycles. The number of rotatable bonds is 2. The Kier molecular flexibility index (Phi) is 3.42. The SMILES string of the molecule is O=C1OC(Oc2cccc(Br)c2)C(Cl)=C1Cl. The number of carbonyl (C=O) groups excluding carboxylic acids is 1. The van der Waals surface area contributed by atoms with E-state index in [0.717, 1.165) is 4.47 Å². The molecule has 0 aromatic heterocycles. The van der Waals surface area contributed by atoms with Crippen LogP contribution in [0.5, 0.6) is 5.75 Å². The molecule has 6 heteroatoms. The lowest BCUT2D eigenvalue weighted by Gasteiger charge is -2.12. The number of ether oxygens (including phenoxy) is 2. The van der Waals surface area contributed by atoms with Crippen LogP contribution in [0.3, 0.4) is 0 Å². The number of hydrogen-bond acceptors (Lipinski definition) is 3. The van der Waals surface area contributed by atoms with E-state index in [-0.39, 0.29) is 10.1 Å².